The number of halogens is 2. The van der Waals surface area contributed by atoms with Crippen molar-refractivity contribution in [3.8, 4) is 6.07 Å². The lowest BCUT2D eigenvalue weighted by atomic mass is 9.91. The fraction of sp³-hybridized carbons (Fsp3) is 0.200. The average Bonchev–Trinajstić information content (AvgIpc) is 2.79. The number of carbonyl (C=O) groups excluding carboxylic acids is 1. The molecular formula is C25H20Cl2N2O2. The highest BCUT2D eigenvalue weighted by Gasteiger charge is 2.42. The van der Waals surface area contributed by atoms with Gasteiger partial charge in [0.25, 0.3) is 5.91 Å². The number of ether oxygens (including phenoxy) is 1. The van der Waals surface area contributed by atoms with Gasteiger partial charge in [-0.05, 0) is 53.1 Å². The summed E-state index contributed by atoms with van der Waals surface area (Å²) in [6.07, 6.45) is -0.585. The number of benzene rings is 3. The molecule has 4 rings (SSSR count). The number of rotatable bonds is 4. The van der Waals surface area contributed by atoms with Crippen LogP contribution in [0, 0.1) is 11.3 Å². The molecule has 4 nitrogen and oxygen atoms in total. The summed E-state index contributed by atoms with van der Waals surface area (Å²) in [5.41, 5.74) is 3.40. The van der Waals surface area contributed by atoms with Crippen molar-refractivity contribution < 1.29 is 9.53 Å². The van der Waals surface area contributed by atoms with Crippen molar-refractivity contribution in [2.45, 2.75) is 24.7 Å². The van der Waals surface area contributed by atoms with Gasteiger partial charge >= 0.3 is 0 Å². The molecule has 6 heteroatoms. The molecule has 0 N–H and O–H groups in total. The molecule has 3 atom stereocenters. The summed E-state index contributed by atoms with van der Waals surface area (Å²) >= 11 is 12.2. The summed E-state index contributed by atoms with van der Waals surface area (Å²) in [4.78, 5) is 15.0. The third kappa shape index (κ3) is 4.60. The molecule has 0 aromatic heterocycles. The van der Waals surface area contributed by atoms with Crippen molar-refractivity contribution in [1.29, 1.82) is 5.26 Å². The van der Waals surface area contributed by atoms with E-state index in [-0.39, 0.29) is 18.1 Å². The summed E-state index contributed by atoms with van der Waals surface area (Å²) in [5.74, 6) is -0.0884. The number of morpholine rings is 1. The summed E-state index contributed by atoms with van der Waals surface area (Å²) in [5, 5.41) is 10.3. The molecule has 1 saturated heterocycles. The Morgan fingerprint density at radius 1 is 0.903 bits per heavy atom. The van der Waals surface area contributed by atoms with Gasteiger partial charge in [0.2, 0.25) is 0 Å². The lowest BCUT2D eigenvalue weighted by Gasteiger charge is -2.43. The van der Waals surface area contributed by atoms with E-state index >= 15 is 0 Å². The highest BCUT2D eigenvalue weighted by molar-refractivity contribution is 6.30. The zero-order valence-corrected chi connectivity index (χ0v) is 18.3. The average molecular weight is 451 g/mol. The third-order valence-electron chi connectivity index (χ3n) is 5.55. The fourth-order valence-corrected chi connectivity index (χ4v) is 4.17. The van der Waals surface area contributed by atoms with Crippen LogP contribution >= 0.6 is 23.2 Å². The van der Waals surface area contributed by atoms with E-state index in [1.165, 1.54) is 0 Å². The summed E-state index contributed by atoms with van der Waals surface area (Å²) in [6.45, 7) is 0. The number of hydrogen-bond acceptors (Lipinski definition) is 3. The van der Waals surface area contributed by atoms with Crippen LogP contribution in [0.25, 0.3) is 0 Å². The molecule has 0 radical (unpaired) electrons. The molecule has 1 fully saturated rings. The quantitative estimate of drug-likeness (QED) is 0.508. The van der Waals surface area contributed by atoms with Crippen LogP contribution in [0.5, 0.6) is 0 Å². The molecule has 1 heterocycles. The van der Waals surface area contributed by atoms with Gasteiger partial charge in [-0.3, -0.25) is 4.79 Å². The van der Waals surface area contributed by atoms with Gasteiger partial charge in [0.15, 0.2) is 0 Å². The zero-order valence-electron chi connectivity index (χ0n) is 16.8. The second kappa shape index (κ2) is 9.11. The standard InChI is InChI=1S/C25H20Cl2N2O2/c1-29-23(18-6-10-20(26)11-7-18)24(19-8-12-21(27)13-9-19)31-22(25(29)30)14-16-2-4-17(15-28)5-3-16/h2-13,22-24H,14H2,1H3/t22-,23+,24-/m0/s1. The summed E-state index contributed by atoms with van der Waals surface area (Å²) in [7, 11) is 1.80. The van der Waals surface area contributed by atoms with Crippen LogP contribution in [-0.2, 0) is 16.0 Å². The first kappa shape index (κ1) is 21.4. The second-order valence-electron chi connectivity index (χ2n) is 7.56. The minimum atomic E-state index is -0.637. The molecule has 1 amide bonds. The van der Waals surface area contributed by atoms with Gasteiger partial charge in [-0.2, -0.15) is 5.26 Å². The van der Waals surface area contributed by atoms with E-state index in [0.717, 1.165) is 16.7 Å². The van der Waals surface area contributed by atoms with Gasteiger partial charge in [-0.25, -0.2) is 0 Å². The van der Waals surface area contributed by atoms with Crippen molar-refractivity contribution in [2.75, 3.05) is 7.05 Å². The molecule has 1 aliphatic heterocycles. The molecule has 3 aromatic rings. The van der Waals surface area contributed by atoms with E-state index in [9.17, 15) is 4.79 Å². The van der Waals surface area contributed by atoms with E-state index in [1.807, 2.05) is 60.7 Å². The monoisotopic (exact) mass is 450 g/mol. The van der Waals surface area contributed by atoms with E-state index in [2.05, 4.69) is 6.07 Å². The van der Waals surface area contributed by atoms with Crippen molar-refractivity contribution >= 4 is 29.1 Å². The Morgan fingerprint density at radius 3 is 2.00 bits per heavy atom. The number of nitrogens with zero attached hydrogens (tertiary/aromatic N) is 2. The van der Waals surface area contributed by atoms with Crippen molar-refractivity contribution in [1.82, 2.24) is 4.90 Å². The SMILES string of the molecule is CN1C(=O)[C@H](Cc2ccc(C#N)cc2)O[C@@H](c2ccc(Cl)cc2)[C@H]1c1ccc(Cl)cc1. The van der Waals surface area contributed by atoms with Crippen LogP contribution in [-0.4, -0.2) is 24.0 Å². The summed E-state index contributed by atoms with van der Waals surface area (Å²) in [6, 6.07) is 24.0. The maximum atomic E-state index is 13.2. The normalized spacial score (nSPS) is 21.0. The predicted octanol–water partition coefficient (Wildman–Crippen LogP) is 5.75. The van der Waals surface area contributed by atoms with E-state index in [1.54, 1.807) is 24.1 Å². The molecule has 0 saturated carbocycles. The van der Waals surface area contributed by atoms with Crippen LogP contribution in [0.4, 0.5) is 0 Å². The second-order valence-corrected chi connectivity index (χ2v) is 8.43. The maximum absolute atomic E-state index is 13.2. The number of nitriles is 1. The highest BCUT2D eigenvalue weighted by Crippen LogP contribution is 2.42. The Hall–Kier alpha value is -2.84. The minimum absolute atomic E-state index is 0.0884. The summed E-state index contributed by atoms with van der Waals surface area (Å²) < 4.78 is 6.42. The van der Waals surface area contributed by atoms with E-state index in [4.69, 9.17) is 33.2 Å². The first-order valence-corrected chi connectivity index (χ1v) is 10.6. The van der Waals surface area contributed by atoms with E-state index in [0.29, 0.717) is 22.0 Å². The number of hydrogen-bond donors (Lipinski definition) is 0. The zero-order chi connectivity index (χ0) is 22.0. The van der Waals surface area contributed by atoms with Crippen molar-refractivity contribution in [3.05, 3.63) is 105 Å². The Labute approximate surface area is 191 Å². The van der Waals surface area contributed by atoms with Crippen LogP contribution in [0.3, 0.4) is 0 Å². The predicted molar refractivity (Wildman–Crippen MR) is 121 cm³/mol. The largest absolute Gasteiger partial charge is 0.358 e. The molecule has 0 bridgehead atoms. The molecule has 0 aliphatic carbocycles. The number of likely N-dealkylation sites (N-methyl/N-ethyl adjacent to an activating group) is 1. The van der Waals surface area contributed by atoms with Gasteiger partial charge in [0.05, 0.1) is 17.7 Å². The third-order valence-corrected chi connectivity index (χ3v) is 6.06. The highest BCUT2D eigenvalue weighted by atomic mass is 35.5. The first-order chi connectivity index (χ1) is 15.0. The Balaban J connectivity index is 1.68. The fourth-order valence-electron chi connectivity index (χ4n) is 3.91. The molecule has 31 heavy (non-hydrogen) atoms. The molecule has 3 aromatic carbocycles. The van der Waals surface area contributed by atoms with Gasteiger partial charge in [-0.15, -0.1) is 0 Å². The number of amides is 1. The Bertz CT molecular complexity index is 1110. The topological polar surface area (TPSA) is 53.3 Å². The minimum Gasteiger partial charge on any atom is -0.358 e. The number of carbonyl (C=O) groups is 1. The van der Waals surface area contributed by atoms with Crippen molar-refractivity contribution in [2.24, 2.45) is 0 Å². The van der Waals surface area contributed by atoms with Crippen LogP contribution in [0.1, 0.15) is 34.4 Å². The lowest BCUT2D eigenvalue weighted by molar-refractivity contribution is -0.171. The molecular weight excluding hydrogens is 431 g/mol. The Kier molecular flexibility index (Phi) is 6.29. The molecule has 156 valence electrons. The van der Waals surface area contributed by atoms with E-state index < -0.39 is 6.10 Å². The molecule has 0 unspecified atom stereocenters. The van der Waals surface area contributed by atoms with Gasteiger partial charge < -0.3 is 9.64 Å². The smallest absolute Gasteiger partial charge is 0.252 e. The maximum Gasteiger partial charge on any atom is 0.252 e. The van der Waals surface area contributed by atoms with Crippen LogP contribution in [0.15, 0.2) is 72.8 Å². The Morgan fingerprint density at radius 2 is 1.45 bits per heavy atom. The van der Waals surface area contributed by atoms with Gasteiger partial charge in [-0.1, -0.05) is 59.6 Å². The van der Waals surface area contributed by atoms with Crippen LogP contribution < -0.4 is 0 Å². The van der Waals surface area contributed by atoms with Gasteiger partial charge in [0.1, 0.15) is 12.2 Å². The molecule has 0 spiro atoms. The van der Waals surface area contributed by atoms with Crippen LogP contribution in [0.2, 0.25) is 10.0 Å². The van der Waals surface area contributed by atoms with Crippen molar-refractivity contribution in [3.63, 3.8) is 0 Å². The van der Waals surface area contributed by atoms with Gasteiger partial charge in [0, 0.05) is 23.5 Å². The first-order valence-electron chi connectivity index (χ1n) is 9.88. The lowest BCUT2D eigenvalue weighted by Crippen LogP contribution is -2.49. The molecule has 1 aliphatic rings.